The van der Waals surface area contributed by atoms with E-state index in [9.17, 15) is 9.59 Å². The average Bonchev–Trinajstić information content (AvgIpc) is 2.79. The van der Waals surface area contributed by atoms with Crippen LogP contribution in [0.5, 0.6) is 0 Å². The second kappa shape index (κ2) is 7.94. The number of nitrogens with one attached hydrogen (secondary N) is 1. The number of aryl methyl sites for hydroxylation is 1. The van der Waals surface area contributed by atoms with Crippen molar-refractivity contribution in [1.82, 2.24) is 25.1 Å². The van der Waals surface area contributed by atoms with Gasteiger partial charge in [-0.25, -0.2) is 0 Å². The number of rotatable bonds is 4. The molecule has 0 aliphatic carbocycles. The summed E-state index contributed by atoms with van der Waals surface area (Å²) in [6, 6.07) is 11.3. The van der Waals surface area contributed by atoms with Crippen LogP contribution in [0.4, 0.5) is 5.82 Å². The molecule has 8 nitrogen and oxygen atoms in total. The Balaban J connectivity index is 1.36. The molecule has 3 aromatic heterocycles. The highest BCUT2D eigenvalue weighted by atomic mass is 16.2. The molecule has 158 valence electrons. The van der Waals surface area contributed by atoms with E-state index in [1.165, 1.54) is 0 Å². The normalized spacial score (nSPS) is 19.6. The number of aromatic nitrogens is 4. The van der Waals surface area contributed by atoms with Gasteiger partial charge in [0, 0.05) is 50.2 Å². The zero-order valence-corrected chi connectivity index (χ0v) is 17.4. The van der Waals surface area contributed by atoms with Crippen molar-refractivity contribution in [2.75, 3.05) is 18.0 Å². The summed E-state index contributed by atoms with van der Waals surface area (Å²) in [4.78, 5) is 32.1. The van der Waals surface area contributed by atoms with E-state index in [2.05, 4.69) is 25.4 Å². The van der Waals surface area contributed by atoms with E-state index in [1.54, 1.807) is 23.0 Å². The Kier molecular flexibility index (Phi) is 4.97. The molecule has 0 aromatic carbocycles. The molecule has 0 unspecified atom stereocenters. The highest BCUT2D eigenvalue weighted by Gasteiger charge is 2.36. The van der Waals surface area contributed by atoms with Gasteiger partial charge in [-0.3, -0.25) is 14.6 Å². The summed E-state index contributed by atoms with van der Waals surface area (Å²) in [5.74, 6) is 1.09. The van der Waals surface area contributed by atoms with Gasteiger partial charge in [-0.05, 0) is 55.2 Å². The molecule has 2 bridgehead atoms. The van der Waals surface area contributed by atoms with E-state index in [-0.39, 0.29) is 22.9 Å². The molecule has 5 rings (SSSR count). The Morgan fingerprint density at radius 1 is 1.13 bits per heavy atom. The maximum Gasteiger partial charge on any atom is 0.263 e. The average molecular weight is 416 g/mol. The molecule has 1 saturated heterocycles. The van der Waals surface area contributed by atoms with Crippen molar-refractivity contribution in [3.05, 3.63) is 81.7 Å². The van der Waals surface area contributed by atoms with Gasteiger partial charge in [0.2, 0.25) is 0 Å². The highest BCUT2D eigenvalue weighted by molar-refractivity contribution is 5.93. The van der Waals surface area contributed by atoms with Gasteiger partial charge in [-0.15, -0.1) is 5.10 Å². The Bertz CT molecular complexity index is 1160. The Labute approximate surface area is 180 Å². The van der Waals surface area contributed by atoms with Gasteiger partial charge in [0.05, 0.1) is 5.69 Å². The molecule has 2 aliphatic heterocycles. The quantitative estimate of drug-likeness (QED) is 0.698. The van der Waals surface area contributed by atoms with Crippen molar-refractivity contribution < 1.29 is 4.79 Å². The fourth-order valence-electron chi connectivity index (χ4n) is 4.65. The Morgan fingerprint density at radius 3 is 2.81 bits per heavy atom. The monoisotopic (exact) mass is 416 g/mol. The number of carbonyl (C=O) groups excluding carboxylic acids is 1. The van der Waals surface area contributed by atoms with Crippen molar-refractivity contribution in [3.63, 3.8) is 0 Å². The molecule has 1 amide bonds. The number of fused-ring (bicyclic) bond motifs is 4. The van der Waals surface area contributed by atoms with Crippen molar-refractivity contribution in [2.24, 2.45) is 5.92 Å². The first-order valence-corrected chi connectivity index (χ1v) is 10.5. The first kappa shape index (κ1) is 19.4. The topological polar surface area (TPSA) is 93.0 Å². The number of nitrogens with zero attached hydrogens (tertiary/aromatic N) is 5. The third-order valence-corrected chi connectivity index (χ3v) is 6.13. The second-order valence-electron chi connectivity index (χ2n) is 8.37. The highest BCUT2D eigenvalue weighted by Crippen LogP contribution is 2.36. The number of pyridine rings is 2. The minimum atomic E-state index is -0.351. The van der Waals surface area contributed by atoms with E-state index in [4.69, 9.17) is 0 Å². The van der Waals surface area contributed by atoms with Crippen molar-refractivity contribution in [3.8, 4) is 0 Å². The van der Waals surface area contributed by atoms with Gasteiger partial charge in [0.1, 0.15) is 5.56 Å². The van der Waals surface area contributed by atoms with Crippen LogP contribution < -0.4 is 15.8 Å². The molecule has 3 aromatic rings. The lowest BCUT2D eigenvalue weighted by Crippen LogP contribution is -2.48. The summed E-state index contributed by atoms with van der Waals surface area (Å²) in [6.07, 6.45) is 4.43. The summed E-state index contributed by atoms with van der Waals surface area (Å²) in [6.45, 7) is 4.50. The molecule has 0 spiro atoms. The van der Waals surface area contributed by atoms with Crippen LogP contribution in [0.1, 0.15) is 39.6 Å². The molecular formula is C23H24N6O2. The zero-order valence-electron chi connectivity index (χ0n) is 17.4. The van der Waals surface area contributed by atoms with Crippen LogP contribution in [-0.2, 0) is 13.1 Å². The third-order valence-electron chi connectivity index (χ3n) is 6.13. The van der Waals surface area contributed by atoms with Crippen LogP contribution in [0.15, 0.2) is 53.6 Å². The molecule has 1 fully saturated rings. The van der Waals surface area contributed by atoms with Gasteiger partial charge in [0.15, 0.2) is 5.82 Å². The van der Waals surface area contributed by atoms with Gasteiger partial charge in [-0.1, -0.05) is 6.07 Å². The molecule has 2 aliphatic rings. The van der Waals surface area contributed by atoms with Crippen LogP contribution in [0.3, 0.4) is 0 Å². The number of carbonyl (C=O) groups is 1. The SMILES string of the molecule is Cc1ccc(N2C[C@@H]3C[C@H](C2)c2ccc(C(=O)NCc4cccnc4)c(=O)n2C3)nn1. The fraction of sp³-hybridized carbons (Fsp3) is 0.348. The summed E-state index contributed by atoms with van der Waals surface area (Å²) < 4.78 is 1.80. The molecule has 5 heterocycles. The van der Waals surface area contributed by atoms with E-state index in [0.29, 0.717) is 19.0 Å². The smallest absolute Gasteiger partial charge is 0.263 e. The molecular weight excluding hydrogens is 392 g/mol. The lowest BCUT2D eigenvalue weighted by molar-refractivity contribution is 0.0948. The standard InChI is InChI=1S/C23H24N6O2/c1-15-4-7-21(27-26-15)28-12-17-9-18(14-28)20-6-5-19(23(31)29(20)13-17)22(30)25-11-16-3-2-8-24-10-16/h2-8,10,17-18H,9,11-14H2,1H3,(H,25,30)/t17-,18+/m0/s1. The van der Waals surface area contributed by atoms with Crippen LogP contribution in [0, 0.1) is 12.8 Å². The molecule has 2 atom stereocenters. The van der Waals surface area contributed by atoms with E-state index in [0.717, 1.165) is 42.3 Å². The second-order valence-corrected chi connectivity index (χ2v) is 8.37. The number of hydrogen-bond acceptors (Lipinski definition) is 6. The van der Waals surface area contributed by atoms with Gasteiger partial charge >= 0.3 is 0 Å². The van der Waals surface area contributed by atoms with Crippen molar-refractivity contribution >= 4 is 11.7 Å². The van der Waals surface area contributed by atoms with E-state index >= 15 is 0 Å². The molecule has 0 radical (unpaired) electrons. The molecule has 8 heteroatoms. The predicted molar refractivity (Wildman–Crippen MR) is 116 cm³/mol. The minimum absolute atomic E-state index is 0.189. The summed E-state index contributed by atoms with van der Waals surface area (Å²) in [5, 5.41) is 11.3. The number of piperidine rings is 1. The predicted octanol–water partition coefficient (Wildman–Crippen LogP) is 1.90. The van der Waals surface area contributed by atoms with E-state index < -0.39 is 0 Å². The van der Waals surface area contributed by atoms with Crippen molar-refractivity contribution in [1.29, 1.82) is 0 Å². The number of anilines is 1. The summed E-state index contributed by atoms with van der Waals surface area (Å²) in [7, 11) is 0. The number of amides is 1. The minimum Gasteiger partial charge on any atom is -0.354 e. The maximum atomic E-state index is 13.1. The Hall–Kier alpha value is -3.55. The first-order valence-electron chi connectivity index (χ1n) is 10.5. The van der Waals surface area contributed by atoms with Gasteiger partial charge in [-0.2, -0.15) is 5.10 Å². The largest absolute Gasteiger partial charge is 0.354 e. The van der Waals surface area contributed by atoms with Crippen LogP contribution in [-0.4, -0.2) is 38.7 Å². The van der Waals surface area contributed by atoms with Crippen LogP contribution in [0.25, 0.3) is 0 Å². The molecule has 0 saturated carbocycles. The zero-order chi connectivity index (χ0) is 21.4. The summed E-state index contributed by atoms with van der Waals surface area (Å²) >= 11 is 0. The van der Waals surface area contributed by atoms with Crippen LogP contribution >= 0.6 is 0 Å². The number of hydrogen-bond donors (Lipinski definition) is 1. The Morgan fingerprint density at radius 2 is 2.03 bits per heavy atom. The lowest BCUT2D eigenvalue weighted by Gasteiger charge is -2.43. The third kappa shape index (κ3) is 3.81. The molecule has 1 N–H and O–H groups in total. The maximum absolute atomic E-state index is 13.1. The van der Waals surface area contributed by atoms with Crippen LogP contribution in [0.2, 0.25) is 0 Å². The molecule has 31 heavy (non-hydrogen) atoms. The lowest BCUT2D eigenvalue weighted by atomic mass is 9.83. The van der Waals surface area contributed by atoms with E-state index in [1.807, 2.05) is 37.3 Å². The fourth-order valence-corrected chi connectivity index (χ4v) is 4.65. The van der Waals surface area contributed by atoms with Gasteiger partial charge in [0.25, 0.3) is 11.5 Å². The van der Waals surface area contributed by atoms with Crippen molar-refractivity contribution in [2.45, 2.75) is 32.4 Å². The summed E-state index contributed by atoms with van der Waals surface area (Å²) in [5.41, 5.74) is 2.76. The first-order chi connectivity index (χ1) is 15.1. The van der Waals surface area contributed by atoms with Gasteiger partial charge < -0.3 is 14.8 Å².